The van der Waals surface area contributed by atoms with Crippen LogP contribution in [0.4, 0.5) is 4.39 Å². The molecule has 0 amide bonds. The summed E-state index contributed by atoms with van der Waals surface area (Å²) in [5.74, 6) is -0.0402. The van der Waals surface area contributed by atoms with E-state index in [0.29, 0.717) is 17.7 Å². The van der Waals surface area contributed by atoms with E-state index in [1.54, 1.807) is 6.07 Å². The van der Waals surface area contributed by atoms with Gasteiger partial charge in [-0.1, -0.05) is 0 Å². The smallest absolute Gasteiger partial charge is 0.228 e. The molecule has 0 saturated carbocycles. The maximum atomic E-state index is 12.8. The fraction of sp³-hybridized carbons (Fsp3) is 0.300. The lowest BCUT2D eigenvalue weighted by Gasteiger charge is -2.22. The van der Waals surface area contributed by atoms with Crippen molar-refractivity contribution in [3.8, 4) is 5.75 Å². The first-order valence-electron chi connectivity index (χ1n) is 4.27. The Morgan fingerprint density at radius 2 is 2.36 bits per heavy atom. The Morgan fingerprint density at radius 1 is 1.57 bits per heavy atom. The molecule has 4 heteroatoms. The van der Waals surface area contributed by atoms with E-state index >= 15 is 0 Å². The largest absolute Gasteiger partial charge is 0.492 e. The van der Waals surface area contributed by atoms with Crippen LogP contribution in [0.15, 0.2) is 18.2 Å². The molecule has 0 saturated heterocycles. The fourth-order valence-corrected chi connectivity index (χ4v) is 1.65. The average Bonchev–Trinajstić information content (AvgIpc) is 2.16. The highest BCUT2D eigenvalue weighted by molar-refractivity contribution is 6.64. The van der Waals surface area contributed by atoms with Crippen LogP contribution < -0.4 is 4.74 Å². The monoisotopic (exact) mass is 214 g/mol. The third-order valence-electron chi connectivity index (χ3n) is 2.25. The summed E-state index contributed by atoms with van der Waals surface area (Å²) in [5, 5.41) is -0.431. The number of hydrogen-bond donors (Lipinski definition) is 0. The van der Waals surface area contributed by atoms with Gasteiger partial charge in [-0.2, -0.15) is 0 Å². The molecule has 0 aromatic heterocycles. The summed E-state index contributed by atoms with van der Waals surface area (Å²) in [6.07, 6.45) is 0.454. The van der Waals surface area contributed by atoms with Crippen LogP contribution in [-0.2, 0) is 11.2 Å². The van der Waals surface area contributed by atoms with Crippen LogP contribution in [0.1, 0.15) is 5.56 Å². The first-order chi connectivity index (χ1) is 6.66. The van der Waals surface area contributed by atoms with Crippen LogP contribution in [0, 0.1) is 11.7 Å². The van der Waals surface area contributed by atoms with Gasteiger partial charge in [0.25, 0.3) is 0 Å². The highest BCUT2D eigenvalue weighted by Gasteiger charge is 2.24. The van der Waals surface area contributed by atoms with Gasteiger partial charge in [0.05, 0.1) is 12.5 Å². The number of benzene rings is 1. The fourth-order valence-electron chi connectivity index (χ4n) is 1.51. The van der Waals surface area contributed by atoms with Gasteiger partial charge in [-0.3, -0.25) is 4.79 Å². The highest BCUT2D eigenvalue weighted by Crippen LogP contribution is 2.28. The molecule has 1 aromatic rings. The molecule has 0 bridgehead atoms. The maximum absolute atomic E-state index is 12.8. The third-order valence-corrected chi connectivity index (χ3v) is 2.56. The molecular formula is C10H8ClFO2. The molecule has 14 heavy (non-hydrogen) atoms. The first-order valence-corrected chi connectivity index (χ1v) is 4.65. The minimum atomic E-state index is -0.431. The Morgan fingerprint density at radius 3 is 3.07 bits per heavy atom. The number of carbonyl (C=O) groups is 1. The Labute approximate surface area is 85.6 Å². The molecule has 1 atom stereocenters. The van der Waals surface area contributed by atoms with Crippen molar-refractivity contribution in [3.05, 3.63) is 29.6 Å². The molecule has 2 nitrogen and oxygen atoms in total. The quantitative estimate of drug-likeness (QED) is 0.670. The number of carbonyl (C=O) groups excluding carboxylic acids is 1. The van der Waals surface area contributed by atoms with Crippen molar-refractivity contribution in [1.29, 1.82) is 0 Å². The zero-order chi connectivity index (χ0) is 10.1. The summed E-state index contributed by atoms with van der Waals surface area (Å²) < 4.78 is 18.1. The Kier molecular flexibility index (Phi) is 2.42. The zero-order valence-corrected chi connectivity index (χ0v) is 8.05. The van der Waals surface area contributed by atoms with Crippen molar-refractivity contribution in [1.82, 2.24) is 0 Å². The standard InChI is InChI=1S/C10H8ClFO2/c11-10(13)7-3-6-4-8(12)1-2-9(6)14-5-7/h1-2,4,7H,3,5H2. The van der Waals surface area contributed by atoms with Crippen LogP contribution >= 0.6 is 11.6 Å². The van der Waals surface area contributed by atoms with Gasteiger partial charge in [0.1, 0.15) is 11.6 Å². The van der Waals surface area contributed by atoms with Crippen molar-refractivity contribution in [2.45, 2.75) is 6.42 Å². The summed E-state index contributed by atoms with van der Waals surface area (Å²) in [5.41, 5.74) is 0.704. The Bertz CT molecular complexity index is 378. The summed E-state index contributed by atoms with van der Waals surface area (Å²) >= 11 is 5.35. The predicted octanol–water partition coefficient (Wildman–Crippen LogP) is 2.14. The van der Waals surface area contributed by atoms with E-state index in [9.17, 15) is 9.18 Å². The molecule has 74 valence electrons. The van der Waals surface area contributed by atoms with E-state index in [0.717, 1.165) is 0 Å². The van der Waals surface area contributed by atoms with Gasteiger partial charge in [0.15, 0.2) is 0 Å². The third kappa shape index (κ3) is 1.73. The van der Waals surface area contributed by atoms with Gasteiger partial charge >= 0.3 is 0 Å². The lowest BCUT2D eigenvalue weighted by Crippen LogP contribution is -2.25. The molecule has 0 spiro atoms. The van der Waals surface area contributed by atoms with Crippen molar-refractivity contribution < 1.29 is 13.9 Å². The Hall–Kier alpha value is -1.09. The normalized spacial score (nSPS) is 19.7. The van der Waals surface area contributed by atoms with E-state index in [1.165, 1.54) is 12.1 Å². The molecule has 0 radical (unpaired) electrons. The van der Waals surface area contributed by atoms with Crippen LogP contribution in [-0.4, -0.2) is 11.8 Å². The lowest BCUT2D eigenvalue weighted by molar-refractivity contribution is -0.116. The second kappa shape index (κ2) is 3.58. The van der Waals surface area contributed by atoms with Crippen LogP contribution in [0.3, 0.4) is 0 Å². The minimum Gasteiger partial charge on any atom is -0.492 e. The van der Waals surface area contributed by atoms with Gasteiger partial charge in [0, 0.05) is 0 Å². The molecular weight excluding hydrogens is 207 g/mol. The number of rotatable bonds is 1. The number of hydrogen-bond acceptors (Lipinski definition) is 2. The summed E-state index contributed by atoms with van der Waals surface area (Å²) in [6, 6.07) is 4.28. The number of ether oxygens (including phenoxy) is 1. The molecule has 0 N–H and O–H groups in total. The van der Waals surface area contributed by atoms with Gasteiger partial charge < -0.3 is 4.74 Å². The number of halogens is 2. The minimum absolute atomic E-state index is 0.279. The summed E-state index contributed by atoms with van der Waals surface area (Å²) in [4.78, 5) is 10.9. The van der Waals surface area contributed by atoms with E-state index in [-0.39, 0.29) is 18.3 Å². The first kappa shape index (κ1) is 9.46. The van der Waals surface area contributed by atoms with E-state index in [2.05, 4.69) is 0 Å². The van der Waals surface area contributed by atoms with Gasteiger partial charge in [-0.25, -0.2) is 4.39 Å². The topological polar surface area (TPSA) is 26.3 Å². The zero-order valence-electron chi connectivity index (χ0n) is 7.30. The van der Waals surface area contributed by atoms with E-state index in [4.69, 9.17) is 16.3 Å². The van der Waals surface area contributed by atoms with Crippen molar-refractivity contribution in [2.24, 2.45) is 5.92 Å². The molecule has 2 rings (SSSR count). The highest BCUT2D eigenvalue weighted by atomic mass is 35.5. The molecule has 1 heterocycles. The van der Waals surface area contributed by atoms with E-state index < -0.39 is 5.24 Å². The predicted molar refractivity (Wildman–Crippen MR) is 49.9 cm³/mol. The van der Waals surface area contributed by atoms with Gasteiger partial charge in [0.2, 0.25) is 5.24 Å². The van der Waals surface area contributed by atoms with Crippen LogP contribution in [0.5, 0.6) is 5.75 Å². The molecule has 0 aliphatic carbocycles. The summed E-state index contributed by atoms with van der Waals surface area (Å²) in [7, 11) is 0. The second-order valence-corrected chi connectivity index (χ2v) is 3.64. The van der Waals surface area contributed by atoms with Crippen LogP contribution in [0.25, 0.3) is 0 Å². The molecule has 1 aliphatic heterocycles. The Balaban J connectivity index is 2.29. The molecule has 0 fully saturated rings. The maximum Gasteiger partial charge on any atom is 0.228 e. The lowest BCUT2D eigenvalue weighted by atomic mass is 9.98. The van der Waals surface area contributed by atoms with Crippen molar-refractivity contribution in [3.63, 3.8) is 0 Å². The summed E-state index contributed by atoms with van der Waals surface area (Å²) in [6.45, 7) is 0.279. The van der Waals surface area contributed by atoms with Gasteiger partial charge in [-0.05, 0) is 41.8 Å². The van der Waals surface area contributed by atoms with Crippen LogP contribution in [0.2, 0.25) is 0 Å². The SMILES string of the molecule is O=C(Cl)C1COc2ccc(F)cc2C1. The van der Waals surface area contributed by atoms with E-state index in [1.807, 2.05) is 0 Å². The number of fused-ring (bicyclic) bond motifs is 1. The molecule has 1 aliphatic rings. The molecule has 1 unspecified atom stereocenters. The van der Waals surface area contributed by atoms with Crippen molar-refractivity contribution >= 4 is 16.8 Å². The molecule has 1 aromatic carbocycles. The van der Waals surface area contributed by atoms with Gasteiger partial charge in [-0.15, -0.1) is 0 Å². The average molecular weight is 215 g/mol. The van der Waals surface area contributed by atoms with Crippen molar-refractivity contribution in [2.75, 3.05) is 6.61 Å². The second-order valence-electron chi connectivity index (χ2n) is 3.27.